The third-order valence-corrected chi connectivity index (χ3v) is 6.02. The van der Waals surface area contributed by atoms with Crippen LogP contribution < -0.4 is 5.32 Å². The minimum absolute atomic E-state index is 0.0758. The van der Waals surface area contributed by atoms with Crippen molar-refractivity contribution in [3.63, 3.8) is 0 Å². The van der Waals surface area contributed by atoms with Gasteiger partial charge in [0.05, 0.1) is 18.6 Å². The Morgan fingerprint density at radius 1 is 1.06 bits per heavy atom. The van der Waals surface area contributed by atoms with Crippen LogP contribution in [0.15, 0.2) is 11.6 Å². The Hall–Kier alpha value is -2.46. The van der Waals surface area contributed by atoms with Gasteiger partial charge < -0.3 is 20.3 Å². The Bertz CT molecular complexity index is 838. The molecule has 1 amide bonds. The standard InChI is InChI=1S/C15H21N3O2S.2C2HF3O2/c19-15(17-10-1-2-10)12-7-18(9-14-16-4-6-21-14)8-13-11(12)3-5-20-13;2*3-2(4,5)1(6)7/h4,6,10-13H,1-3,5,7-9H2,(H,17,19);2*(H,6,7)/t11-,12+,13+;;/m0../s1. The number of alkyl halides is 6. The molecule has 0 radical (unpaired) electrons. The van der Waals surface area contributed by atoms with Gasteiger partial charge in [-0.15, -0.1) is 11.3 Å². The summed E-state index contributed by atoms with van der Waals surface area (Å²) in [5, 5.41) is 20.6. The quantitative estimate of drug-likeness (QED) is 0.502. The van der Waals surface area contributed by atoms with Crippen molar-refractivity contribution in [1.82, 2.24) is 15.2 Å². The van der Waals surface area contributed by atoms with E-state index in [0.717, 1.165) is 50.5 Å². The molecule has 35 heavy (non-hydrogen) atoms. The number of carbonyl (C=O) groups excluding carboxylic acids is 1. The fourth-order valence-corrected chi connectivity index (χ4v) is 4.18. The number of thiazole rings is 1. The zero-order chi connectivity index (χ0) is 26.4. The Morgan fingerprint density at radius 3 is 2.09 bits per heavy atom. The number of likely N-dealkylation sites (tertiary alicyclic amines) is 1. The molecule has 3 atom stereocenters. The van der Waals surface area contributed by atoms with Crippen molar-refractivity contribution in [2.75, 3.05) is 19.7 Å². The average molecular weight is 535 g/mol. The summed E-state index contributed by atoms with van der Waals surface area (Å²) in [7, 11) is 0. The van der Waals surface area contributed by atoms with E-state index in [4.69, 9.17) is 24.5 Å². The molecule has 1 saturated carbocycles. The lowest BCUT2D eigenvalue weighted by atomic mass is 9.82. The molecule has 1 aromatic heterocycles. The monoisotopic (exact) mass is 535 g/mol. The third kappa shape index (κ3) is 9.60. The topological polar surface area (TPSA) is 129 Å². The van der Waals surface area contributed by atoms with E-state index in [9.17, 15) is 31.1 Å². The smallest absolute Gasteiger partial charge is 0.475 e. The minimum Gasteiger partial charge on any atom is -0.475 e. The lowest BCUT2D eigenvalue weighted by molar-refractivity contribution is -0.193. The summed E-state index contributed by atoms with van der Waals surface area (Å²) < 4.78 is 69.3. The van der Waals surface area contributed by atoms with Gasteiger partial charge in [0.15, 0.2) is 0 Å². The van der Waals surface area contributed by atoms with Crippen molar-refractivity contribution in [2.45, 2.75) is 50.3 Å². The summed E-state index contributed by atoms with van der Waals surface area (Å²) >= 11 is 1.68. The number of halogens is 6. The van der Waals surface area contributed by atoms with Gasteiger partial charge in [0.2, 0.25) is 5.91 Å². The highest BCUT2D eigenvalue weighted by atomic mass is 32.1. The van der Waals surface area contributed by atoms with Crippen molar-refractivity contribution in [3.8, 4) is 0 Å². The first-order valence-electron chi connectivity index (χ1n) is 10.3. The van der Waals surface area contributed by atoms with Crippen molar-refractivity contribution in [2.24, 2.45) is 11.8 Å². The second-order valence-corrected chi connectivity index (χ2v) is 8.96. The van der Waals surface area contributed by atoms with E-state index < -0.39 is 24.3 Å². The van der Waals surface area contributed by atoms with Gasteiger partial charge in [0.1, 0.15) is 5.01 Å². The number of hydrogen-bond acceptors (Lipinski definition) is 7. The lowest BCUT2D eigenvalue weighted by Gasteiger charge is -2.39. The fraction of sp³-hybridized carbons (Fsp3) is 0.684. The molecule has 3 N–H and O–H groups in total. The fourth-order valence-electron chi connectivity index (χ4n) is 3.52. The third-order valence-electron chi connectivity index (χ3n) is 5.26. The van der Waals surface area contributed by atoms with Crippen LogP contribution in [0.3, 0.4) is 0 Å². The van der Waals surface area contributed by atoms with Crippen LogP contribution in [0.25, 0.3) is 0 Å². The van der Waals surface area contributed by atoms with E-state index in [1.165, 1.54) is 0 Å². The van der Waals surface area contributed by atoms with Crippen LogP contribution in [0.4, 0.5) is 26.3 Å². The summed E-state index contributed by atoms with van der Waals surface area (Å²) in [5.41, 5.74) is 0. The van der Waals surface area contributed by atoms with E-state index in [2.05, 4.69) is 15.2 Å². The maximum absolute atomic E-state index is 12.5. The number of carboxylic acid groups (broad SMARTS) is 2. The number of rotatable bonds is 4. The van der Waals surface area contributed by atoms with Crippen LogP contribution in [-0.2, 0) is 25.7 Å². The molecule has 2 saturated heterocycles. The molecule has 3 fully saturated rings. The van der Waals surface area contributed by atoms with Crippen molar-refractivity contribution >= 4 is 29.2 Å². The molecule has 2 aliphatic heterocycles. The van der Waals surface area contributed by atoms with Crippen molar-refractivity contribution < 1.29 is 55.7 Å². The van der Waals surface area contributed by atoms with Crippen LogP contribution in [0.5, 0.6) is 0 Å². The molecule has 3 heterocycles. The van der Waals surface area contributed by atoms with Gasteiger partial charge in [0.25, 0.3) is 0 Å². The van der Waals surface area contributed by atoms with E-state index in [0.29, 0.717) is 12.0 Å². The first kappa shape index (κ1) is 28.8. The molecule has 1 aromatic rings. The predicted molar refractivity (Wildman–Crippen MR) is 107 cm³/mol. The lowest BCUT2D eigenvalue weighted by Crippen LogP contribution is -2.52. The van der Waals surface area contributed by atoms with E-state index in [1.54, 1.807) is 11.3 Å². The summed E-state index contributed by atoms with van der Waals surface area (Å²) in [5.74, 6) is -4.80. The number of hydrogen-bond donors (Lipinski definition) is 3. The maximum Gasteiger partial charge on any atom is 0.490 e. The Morgan fingerprint density at radius 2 is 1.63 bits per heavy atom. The zero-order valence-electron chi connectivity index (χ0n) is 18.0. The number of nitrogens with zero attached hydrogens (tertiary/aromatic N) is 2. The normalized spacial score (nSPS) is 24.2. The van der Waals surface area contributed by atoms with Crippen LogP contribution in [0.1, 0.15) is 24.3 Å². The molecular weight excluding hydrogens is 512 g/mol. The Balaban J connectivity index is 0.000000257. The van der Waals surface area contributed by atoms with E-state index in [-0.39, 0.29) is 17.9 Å². The van der Waals surface area contributed by atoms with Crippen LogP contribution >= 0.6 is 11.3 Å². The van der Waals surface area contributed by atoms with Crippen LogP contribution in [-0.4, -0.2) is 82.1 Å². The number of carboxylic acids is 2. The van der Waals surface area contributed by atoms with Gasteiger partial charge in [-0.2, -0.15) is 26.3 Å². The van der Waals surface area contributed by atoms with Gasteiger partial charge in [0, 0.05) is 43.2 Å². The molecule has 0 aromatic carbocycles. The molecule has 16 heteroatoms. The largest absolute Gasteiger partial charge is 0.490 e. The molecule has 3 aliphatic rings. The number of nitrogens with one attached hydrogen (secondary N) is 1. The van der Waals surface area contributed by atoms with Gasteiger partial charge in [-0.05, 0) is 19.3 Å². The second-order valence-electron chi connectivity index (χ2n) is 7.98. The highest BCUT2D eigenvalue weighted by Gasteiger charge is 2.45. The van der Waals surface area contributed by atoms with Gasteiger partial charge in [-0.1, -0.05) is 0 Å². The highest BCUT2D eigenvalue weighted by molar-refractivity contribution is 7.09. The number of ether oxygens (including phenoxy) is 1. The number of carbonyl (C=O) groups is 3. The molecular formula is C19H23F6N3O6S. The SMILES string of the molecule is O=C(NC1CC1)[C@@H]1CN(Cc2nccs2)C[C@H]2OCC[C@H]21.O=C(O)C(F)(F)F.O=C(O)C(F)(F)F. The first-order chi connectivity index (χ1) is 16.2. The molecule has 198 valence electrons. The number of piperidine rings is 1. The van der Waals surface area contributed by atoms with Crippen molar-refractivity contribution in [1.29, 1.82) is 0 Å². The Labute approximate surface area is 199 Å². The van der Waals surface area contributed by atoms with Crippen LogP contribution in [0, 0.1) is 11.8 Å². The number of aliphatic carboxylic acids is 2. The summed E-state index contributed by atoms with van der Waals surface area (Å²) in [6.45, 7) is 3.39. The molecule has 4 rings (SSSR count). The predicted octanol–water partition coefficient (Wildman–Crippen LogP) is 2.53. The number of aromatic nitrogens is 1. The van der Waals surface area contributed by atoms with Gasteiger partial charge in [-0.3, -0.25) is 9.69 Å². The summed E-state index contributed by atoms with van der Waals surface area (Å²) in [6.07, 6.45) is -4.79. The first-order valence-corrected chi connectivity index (χ1v) is 11.2. The van der Waals surface area contributed by atoms with Gasteiger partial charge >= 0.3 is 24.3 Å². The summed E-state index contributed by atoms with van der Waals surface area (Å²) in [6, 6.07) is 0.438. The Kier molecular flexibility index (Phi) is 9.85. The molecule has 0 bridgehead atoms. The van der Waals surface area contributed by atoms with Crippen molar-refractivity contribution in [3.05, 3.63) is 16.6 Å². The molecule has 0 spiro atoms. The molecule has 9 nitrogen and oxygen atoms in total. The maximum atomic E-state index is 12.5. The van der Waals surface area contributed by atoms with Crippen LogP contribution in [0.2, 0.25) is 0 Å². The zero-order valence-corrected chi connectivity index (χ0v) is 18.8. The summed E-state index contributed by atoms with van der Waals surface area (Å²) in [4.78, 5) is 37.0. The molecule has 0 unspecified atom stereocenters. The van der Waals surface area contributed by atoms with E-state index in [1.807, 2.05) is 11.6 Å². The van der Waals surface area contributed by atoms with E-state index >= 15 is 0 Å². The minimum atomic E-state index is -5.08. The second kappa shape index (κ2) is 12.0. The van der Waals surface area contributed by atoms with Gasteiger partial charge in [-0.25, -0.2) is 14.6 Å². The molecule has 1 aliphatic carbocycles. The number of fused-ring (bicyclic) bond motifs is 1. The highest BCUT2D eigenvalue weighted by Crippen LogP contribution is 2.35. The number of amides is 1. The average Bonchev–Trinajstić information content (AvgIpc) is 3.20.